The van der Waals surface area contributed by atoms with Crippen molar-refractivity contribution in [3.63, 3.8) is 0 Å². The van der Waals surface area contributed by atoms with Crippen molar-refractivity contribution in [3.05, 3.63) is 23.3 Å². The van der Waals surface area contributed by atoms with Crippen molar-refractivity contribution >= 4 is 12.0 Å². The fraction of sp³-hybridized carbons (Fsp3) is 0.438. The van der Waals surface area contributed by atoms with Gasteiger partial charge < -0.3 is 19.3 Å². The van der Waals surface area contributed by atoms with Crippen molar-refractivity contribution < 1.29 is 24.1 Å². The Balaban J connectivity index is 2.94. The van der Waals surface area contributed by atoms with Crippen LogP contribution in [0.5, 0.6) is 17.2 Å². The lowest BCUT2D eigenvalue weighted by Crippen LogP contribution is -2.06. The summed E-state index contributed by atoms with van der Waals surface area (Å²) in [7, 11) is 2.90. The standard InChI is InChI=1S/C16H22O5/c1-5-6-7-21-16(18)11(2)8-12-9-13(19-3)15(17)14(10-12)20-4/h8-10,17H,5-7H2,1-4H3/b11-8+. The number of benzene rings is 1. The third-order valence-corrected chi connectivity index (χ3v) is 2.94. The summed E-state index contributed by atoms with van der Waals surface area (Å²) in [5.74, 6) is 0.148. The number of esters is 1. The first-order valence-corrected chi connectivity index (χ1v) is 6.83. The molecule has 0 radical (unpaired) electrons. The van der Waals surface area contributed by atoms with Crippen LogP contribution < -0.4 is 9.47 Å². The van der Waals surface area contributed by atoms with Crippen LogP contribution in [0.3, 0.4) is 0 Å². The summed E-state index contributed by atoms with van der Waals surface area (Å²) < 4.78 is 15.3. The summed E-state index contributed by atoms with van der Waals surface area (Å²) in [5.41, 5.74) is 1.16. The highest BCUT2D eigenvalue weighted by Gasteiger charge is 2.12. The van der Waals surface area contributed by atoms with Crippen LogP contribution in [0.4, 0.5) is 0 Å². The molecule has 1 aromatic carbocycles. The molecule has 0 saturated carbocycles. The third kappa shape index (κ3) is 4.70. The Hall–Kier alpha value is -2.17. The molecule has 0 aliphatic heterocycles. The summed E-state index contributed by atoms with van der Waals surface area (Å²) in [6, 6.07) is 3.25. The Morgan fingerprint density at radius 1 is 1.24 bits per heavy atom. The molecular formula is C16H22O5. The van der Waals surface area contributed by atoms with Crippen molar-refractivity contribution in [3.8, 4) is 17.2 Å². The van der Waals surface area contributed by atoms with Crippen molar-refractivity contribution in [2.45, 2.75) is 26.7 Å². The smallest absolute Gasteiger partial charge is 0.333 e. The van der Waals surface area contributed by atoms with Crippen LogP contribution in [0.1, 0.15) is 32.3 Å². The number of aromatic hydroxyl groups is 1. The molecule has 0 atom stereocenters. The molecule has 0 aliphatic rings. The minimum absolute atomic E-state index is 0.0691. The minimum Gasteiger partial charge on any atom is -0.502 e. The Morgan fingerprint density at radius 3 is 2.29 bits per heavy atom. The molecule has 0 fully saturated rings. The van der Waals surface area contributed by atoms with E-state index in [1.54, 1.807) is 25.1 Å². The molecule has 0 spiro atoms. The van der Waals surface area contributed by atoms with Crippen LogP contribution in [0.15, 0.2) is 17.7 Å². The molecule has 0 aliphatic carbocycles. The van der Waals surface area contributed by atoms with Gasteiger partial charge in [-0.1, -0.05) is 13.3 Å². The van der Waals surface area contributed by atoms with E-state index in [9.17, 15) is 9.90 Å². The highest BCUT2D eigenvalue weighted by atomic mass is 16.5. The first kappa shape index (κ1) is 16.9. The van der Waals surface area contributed by atoms with E-state index in [1.165, 1.54) is 14.2 Å². The molecule has 116 valence electrons. The van der Waals surface area contributed by atoms with Crippen LogP contribution in [-0.2, 0) is 9.53 Å². The van der Waals surface area contributed by atoms with Gasteiger partial charge in [-0.25, -0.2) is 4.79 Å². The van der Waals surface area contributed by atoms with Gasteiger partial charge in [-0.15, -0.1) is 0 Å². The van der Waals surface area contributed by atoms with Gasteiger partial charge in [0.2, 0.25) is 5.75 Å². The minimum atomic E-state index is -0.352. The lowest BCUT2D eigenvalue weighted by atomic mass is 10.1. The van der Waals surface area contributed by atoms with Crippen molar-refractivity contribution in [2.75, 3.05) is 20.8 Å². The number of carbonyl (C=O) groups excluding carboxylic acids is 1. The summed E-state index contributed by atoms with van der Waals surface area (Å²) in [5, 5.41) is 9.84. The maximum absolute atomic E-state index is 11.8. The molecule has 0 bridgehead atoms. The fourth-order valence-corrected chi connectivity index (χ4v) is 1.73. The quantitative estimate of drug-likeness (QED) is 0.475. The van der Waals surface area contributed by atoms with Gasteiger partial charge in [-0.2, -0.15) is 0 Å². The third-order valence-electron chi connectivity index (χ3n) is 2.94. The first-order valence-electron chi connectivity index (χ1n) is 6.83. The van der Waals surface area contributed by atoms with E-state index in [0.717, 1.165) is 12.8 Å². The average Bonchev–Trinajstić information content (AvgIpc) is 2.48. The fourth-order valence-electron chi connectivity index (χ4n) is 1.73. The summed E-state index contributed by atoms with van der Waals surface area (Å²) in [6.45, 7) is 4.13. The van der Waals surface area contributed by atoms with Gasteiger partial charge in [0.15, 0.2) is 11.5 Å². The highest BCUT2D eigenvalue weighted by molar-refractivity contribution is 5.93. The predicted molar refractivity (Wildman–Crippen MR) is 80.7 cm³/mol. The van der Waals surface area contributed by atoms with E-state index < -0.39 is 0 Å². The summed E-state index contributed by atoms with van der Waals surface area (Å²) in [6.07, 6.45) is 3.49. The Bertz CT molecular complexity index is 494. The lowest BCUT2D eigenvalue weighted by molar-refractivity contribution is -0.138. The zero-order valence-corrected chi connectivity index (χ0v) is 12.9. The Kier molecular flexibility index (Phi) is 6.59. The SMILES string of the molecule is CCCCOC(=O)/C(C)=C/c1cc(OC)c(O)c(OC)c1. The molecule has 1 N–H and O–H groups in total. The number of phenolic OH excluding ortho intramolecular Hbond substituents is 1. The molecule has 5 nitrogen and oxygen atoms in total. The number of unbranched alkanes of at least 4 members (excludes halogenated alkanes) is 1. The second kappa shape index (κ2) is 8.19. The molecular weight excluding hydrogens is 272 g/mol. The van der Waals surface area contributed by atoms with Crippen molar-refractivity contribution in [2.24, 2.45) is 0 Å². The topological polar surface area (TPSA) is 65.0 Å². The van der Waals surface area contributed by atoms with Crippen LogP contribution in [0.25, 0.3) is 6.08 Å². The zero-order valence-electron chi connectivity index (χ0n) is 12.9. The van der Waals surface area contributed by atoms with Gasteiger partial charge in [-0.05, 0) is 37.1 Å². The van der Waals surface area contributed by atoms with E-state index in [4.69, 9.17) is 14.2 Å². The van der Waals surface area contributed by atoms with Crippen LogP contribution in [-0.4, -0.2) is 31.9 Å². The normalized spacial score (nSPS) is 11.1. The molecule has 0 aromatic heterocycles. The zero-order chi connectivity index (χ0) is 15.8. The Labute approximate surface area is 125 Å². The number of methoxy groups -OCH3 is 2. The maximum atomic E-state index is 11.8. The van der Waals surface area contributed by atoms with E-state index >= 15 is 0 Å². The molecule has 1 aromatic rings. The Morgan fingerprint density at radius 2 is 1.81 bits per heavy atom. The van der Waals surface area contributed by atoms with E-state index in [2.05, 4.69) is 0 Å². The number of phenols is 1. The number of ether oxygens (including phenoxy) is 3. The number of hydrogen-bond acceptors (Lipinski definition) is 5. The van der Waals surface area contributed by atoms with Crippen molar-refractivity contribution in [1.82, 2.24) is 0 Å². The van der Waals surface area contributed by atoms with Gasteiger partial charge >= 0.3 is 5.97 Å². The highest BCUT2D eigenvalue weighted by Crippen LogP contribution is 2.37. The van der Waals surface area contributed by atoms with Gasteiger partial charge in [0.25, 0.3) is 0 Å². The van der Waals surface area contributed by atoms with Crippen LogP contribution in [0, 0.1) is 0 Å². The van der Waals surface area contributed by atoms with Gasteiger partial charge in [0.05, 0.1) is 20.8 Å². The summed E-state index contributed by atoms with van der Waals surface area (Å²) in [4.78, 5) is 11.8. The molecule has 0 amide bonds. The molecule has 21 heavy (non-hydrogen) atoms. The van der Waals surface area contributed by atoms with Gasteiger partial charge in [-0.3, -0.25) is 0 Å². The first-order chi connectivity index (χ1) is 10.0. The van der Waals surface area contributed by atoms with E-state index in [-0.39, 0.29) is 23.2 Å². The largest absolute Gasteiger partial charge is 0.502 e. The molecule has 5 heteroatoms. The molecule has 0 unspecified atom stereocenters. The molecule has 0 saturated heterocycles. The second-order valence-corrected chi connectivity index (χ2v) is 4.59. The van der Waals surface area contributed by atoms with E-state index in [1.807, 2.05) is 6.92 Å². The van der Waals surface area contributed by atoms with Crippen molar-refractivity contribution in [1.29, 1.82) is 0 Å². The average molecular weight is 294 g/mol. The summed E-state index contributed by atoms with van der Waals surface area (Å²) >= 11 is 0. The lowest BCUT2D eigenvalue weighted by Gasteiger charge is -2.10. The number of rotatable bonds is 7. The predicted octanol–water partition coefficient (Wildman–Crippen LogP) is 3.16. The monoisotopic (exact) mass is 294 g/mol. The van der Waals surface area contributed by atoms with Crippen LogP contribution in [0.2, 0.25) is 0 Å². The van der Waals surface area contributed by atoms with Gasteiger partial charge in [0, 0.05) is 5.57 Å². The van der Waals surface area contributed by atoms with E-state index in [0.29, 0.717) is 17.7 Å². The van der Waals surface area contributed by atoms with Crippen LogP contribution >= 0.6 is 0 Å². The maximum Gasteiger partial charge on any atom is 0.333 e. The number of carbonyl (C=O) groups is 1. The molecule has 0 heterocycles. The molecule has 1 rings (SSSR count). The number of hydrogen-bond donors (Lipinski definition) is 1. The second-order valence-electron chi connectivity index (χ2n) is 4.59. The van der Waals surface area contributed by atoms with Gasteiger partial charge in [0.1, 0.15) is 0 Å².